The molecule has 4 rings (SSSR count). The summed E-state index contributed by atoms with van der Waals surface area (Å²) in [4.78, 5) is 64.1. The van der Waals surface area contributed by atoms with Gasteiger partial charge in [-0.15, -0.1) is 11.8 Å². The van der Waals surface area contributed by atoms with Gasteiger partial charge in [0.2, 0.25) is 11.4 Å². The Kier molecular flexibility index (Phi) is 8.28. The fourth-order valence-electron chi connectivity index (χ4n) is 4.56. The molecule has 0 saturated carbocycles. The number of hydrogen-bond donors (Lipinski definition) is 3. The van der Waals surface area contributed by atoms with E-state index in [0.29, 0.717) is 5.56 Å². The minimum Gasteiger partial charge on any atom is -0.508 e. The zero-order chi connectivity index (χ0) is 29.4. The zero-order valence-corrected chi connectivity index (χ0v) is 24.2. The van der Waals surface area contributed by atoms with E-state index in [1.165, 1.54) is 65.2 Å². The van der Waals surface area contributed by atoms with Gasteiger partial charge in [-0.25, -0.2) is 9.59 Å². The lowest BCUT2D eigenvalue weighted by Gasteiger charge is -2.44. The molecule has 15 heteroatoms. The van der Waals surface area contributed by atoms with Gasteiger partial charge in [0.25, 0.3) is 11.6 Å². The first-order valence-electron chi connectivity index (χ1n) is 11.8. The van der Waals surface area contributed by atoms with Crippen LogP contribution in [0.5, 0.6) is 5.75 Å². The second kappa shape index (κ2) is 11.2. The monoisotopic (exact) mass is 684 g/mol. The number of halogens is 1. The van der Waals surface area contributed by atoms with Gasteiger partial charge >= 0.3 is 11.9 Å². The van der Waals surface area contributed by atoms with Crippen LogP contribution in [-0.2, 0) is 40.8 Å². The van der Waals surface area contributed by atoms with Crippen molar-refractivity contribution in [2.45, 2.75) is 48.2 Å². The SMILES string of the molecule is CC1(C)S[C@@H]2C(NC(=O)C(N)(C(=O)OCI)c3ccc(O)cc3)C(=O)N2[C@H]1C(=O)OCc1ccc([N+](=O)[O-])cc1. The average Bonchev–Trinajstić information content (AvgIpc) is 3.18. The van der Waals surface area contributed by atoms with E-state index in [9.17, 15) is 34.4 Å². The summed E-state index contributed by atoms with van der Waals surface area (Å²) in [5, 5.41) is 22.4. The molecule has 2 saturated heterocycles. The first-order chi connectivity index (χ1) is 18.8. The Morgan fingerprint density at radius 1 is 1.18 bits per heavy atom. The predicted octanol–water partition coefficient (Wildman–Crippen LogP) is 1.68. The second-order valence-corrected chi connectivity index (χ2v) is 12.0. The molecule has 2 aliphatic heterocycles. The maximum absolute atomic E-state index is 13.4. The molecule has 2 fully saturated rings. The number of thioether (sulfide) groups is 1. The van der Waals surface area contributed by atoms with Crippen LogP contribution in [0.3, 0.4) is 0 Å². The predicted molar refractivity (Wildman–Crippen MR) is 150 cm³/mol. The molecule has 0 bridgehead atoms. The van der Waals surface area contributed by atoms with Gasteiger partial charge in [-0.2, -0.15) is 0 Å². The molecule has 0 aromatic heterocycles. The van der Waals surface area contributed by atoms with E-state index in [1.54, 1.807) is 36.4 Å². The Hall–Kier alpha value is -3.44. The molecule has 2 aromatic carbocycles. The Labute approximate surface area is 246 Å². The van der Waals surface area contributed by atoms with Gasteiger partial charge in [0.15, 0.2) is 0 Å². The molecule has 0 spiro atoms. The van der Waals surface area contributed by atoms with Crippen molar-refractivity contribution in [3.05, 3.63) is 69.8 Å². The summed E-state index contributed by atoms with van der Waals surface area (Å²) >= 11 is 3.06. The van der Waals surface area contributed by atoms with E-state index in [-0.39, 0.29) is 28.2 Å². The molecule has 13 nitrogen and oxygen atoms in total. The van der Waals surface area contributed by atoms with Crippen molar-refractivity contribution in [2.24, 2.45) is 5.73 Å². The van der Waals surface area contributed by atoms with Crippen molar-refractivity contribution in [1.29, 1.82) is 0 Å². The molecular formula is C25H25IN4O9S. The fourth-order valence-corrected chi connectivity index (χ4v) is 6.46. The number of amides is 2. The number of hydrogen-bond acceptors (Lipinski definition) is 11. The number of phenols is 1. The molecule has 2 amide bonds. The number of aromatic hydroxyl groups is 1. The van der Waals surface area contributed by atoms with Gasteiger partial charge in [-0.3, -0.25) is 19.7 Å². The number of carbonyl (C=O) groups excluding carboxylic acids is 4. The molecule has 0 radical (unpaired) electrons. The van der Waals surface area contributed by atoms with Crippen LogP contribution in [0.25, 0.3) is 0 Å². The van der Waals surface area contributed by atoms with Crippen molar-refractivity contribution in [3.8, 4) is 5.75 Å². The van der Waals surface area contributed by atoms with Gasteiger partial charge in [0.1, 0.15) is 34.4 Å². The molecule has 2 unspecified atom stereocenters. The number of fused-ring (bicyclic) bond motifs is 1. The van der Waals surface area contributed by atoms with Crippen LogP contribution in [0, 0.1) is 10.1 Å². The summed E-state index contributed by atoms with van der Waals surface area (Å²) in [6.07, 6.45) is 0. The highest BCUT2D eigenvalue weighted by molar-refractivity contribution is 14.1. The number of ether oxygens (including phenoxy) is 2. The lowest BCUT2D eigenvalue weighted by molar-refractivity contribution is -0.384. The molecule has 4 N–H and O–H groups in total. The molecule has 4 atom stereocenters. The van der Waals surface area contributed by atoms with Crippen LogP contribution < -0.4 is 11.1 Å². The lowest BCUT2D eigenvalue weighted by atomic mass is 9.88. The number of nitro groups is 1. The number of non-ortho nitro benzene ring substituents is 1. The van der Waals surface area contributed by atoms with E-state index in [1.807, 2.05) is 0 Å². The molecule has 2 aliphatic rings. The largest absolute Gasteiger partial charge is 0.508 e. The maximum atomic E-state index is 13.4. The van der Waals surface area contributed by atoms with Crippen LogP contribution >= 0.6 is 34.4 Å². The number of alkyl halides is 1. The van der Waals surface area contributed by atoms with E-state index in [4.69, 9.17) is 15.2 Å². The molecule has 40 heavy (non-hydrogen) atoms. The Balaban J connectivity index is 1.48. The average molecular weight is 684 g/mol. The van der Waals surface area contributed by atoms with Crippen LogP contribution in [0.4, 0.5) is 5.69 Å². The van der Waals surface area contributed by atoms with Gasteiger partial charge in [0.05, 0.1) is 4.92 Å². The third kappa shape index (κ3) is 5.32. The maximum Gasteiger partial charge on any atom is 0.341 e. The molecule has 2 aromatic rings. The summed E-state index contributed by atoms with van der Waals surface area (Å²) in [5.74, 6) is -3.34. The Bertz CT molecular complexity index is 1360. The molecule has 0 aliphatic carbocycles. The molecular weight excluding hydrogens is 659 g/mol. The summed E-state index contributed by atoms with van der Waals surface area (Å²) in [7, 11) is 0. The van der Waals surface area contributed by atoms with Crippen LogP contribution in [0.15, 0.2) is 48.5 Å². The van der Waals surface area contributed by atoms with Gasteiger partial charge in [-0.1, -0.05) is 12.1 Å². The van der Waals surface area contributed by atoms with Crippen molar-refractivity contribution >= 4 is 63.8 Å². The van der Waals surface area contributed by atoms with E-state index in [2.05, 4.69) is 5.32 Å². The summed E-state index contributed by atoms with van der Waals surface area (Å²) in [5.41, 5.74) is 4.47. The molecule has 2 heterocycles. The number of esters is 2. The van der Waals surface area contributed by atoms with Crippen LogP contribution in [-0.4, -0.2) is 65.5 Å². The van der Waals surface area contributed by atoms with E-state index < -0.39 is 56.4 Å². The second-order valence-electron chi connectivity index (χ2n) is 9.64. The topological polar surface area (TPSA) is 191 Å². The van der Waals surface area contributed by atoms with Crippen molar-refractivity contribution in [2.75, 3.05) is 4.61 Å². The van der Waals surface area contributed by atoms with Crippen molar-refractivity contribution in [3.63, 3.8) is 0 Å². The van der Waals surface area contributed by atoms with Gasteiger partial charge in [0, 0.05) is 16.9 Å². The van der Waals surface area contributed by atoms with Crippen LogP contribution in [0.1, 0.15) is 25.0 Å². The Morgan fingerprint density at radius 3 is 2.38 bits per heavy atom. The number of nitrogens with two attached hydrogens (primary N) is 1. The number of rotatable bonds is 9. The summed E-state index contributed by atoms with van der Waals surface area (Å²) in [6.45, 7) is 3.38. The molecule has 212 valence electrons. The number of β-lactam (4-membered cyclic amide) rings is 1. The quantitative estimate of drug-likeness (QED) is 0.0663. The fraction of sp³-hybridized carbons (Fsp3) is 0.360. The van der Waals surface area contributed by atoms with Gasteiger partial charge in [-0.05, 0) is 71.8 Å². The highest BCUT2D eigenvalue weighted by Crippen LogP contribution is 2.51. The number of benzene rings is 2. The normalized spacial score (nSPS) is 22.4. The van der Waals surface area contributed by atoms with E-state index in [0.717, 1.165) is 0 Å². The zero-order valence-electron chi connectivity index (χ0n) is 21.2. The highest BCUT2D eigenvalue weighted by Gasteiger charge is 2.65. The first kappa shape index (κ1) is 29.5. The minimum absolute atomic E-state index is 0.0494. The standard InChI is InChI=1S/C25H25IN4O9S/c1-24(2)18(21(33)38-11-13-3-7-15(8-4-13)30(36)37)29-19(32)17(20(29)40-24)28-22(34)25(27,23(35)39-12-26)14-5-9-16(31)10-6-14/h3-10,17-18,20,31H,11-12,27H2,1-2H3,(H,28,34)/t17?,18-,20+,25?/m0/s1. The number of nitrogens with one attached hydrogen (secondary N) is 1. The van der Waals surface area contributed by atoms with Gasteiger partial charge < -0.3 is 30.5 Å². The number of nitro benzene ring substituents is 1. The van der Waals surface area contributed by atoms with E-state index >= 15 is 0 Å². The number of nitrogens with zero attached hydrogens (tertiary/aromatic N) is 2. The minimum atomic E-state index is -2.30. The smallest absolute Gasteiger partial charge is 0.341 e. The number of carbonyl (C=O) groups is 4. The first-order valence-corrected chi connectivity index (χ1v) is 14.2. The van der Waals surface area contributed by atoms with Crippen molar-refractivity contribution < 1.29 is 38.7 Å². The third-order valence-electron chi connectivity index (χ3n) is 6.67. The summed E-state index contributed by atoms with van der Waals surface area (Å²) < 4.78 is 9.60. The summed E-state index contributed by atoms with van der Waals surface area (Å²) in [6, 6.07) is 8.64. The Morgan fingerprint density at radius 2 is 1.80 bits per heavy atom. The van der Waals surface area contributed by atoms with Crippen LogP contribution in [0.2, 0.25) is 0 Å². The van der Waals surface area contributed by atoms with Crippen molar-refractivity contribution in [1.82, 2.24) is 10.2 Å². The number of phenolic OH excluding ortho intramolecular Hbond substituents is 1. The third-order valence-corrected chi connectivity index (χ3v) is 8.55. The lowest BCUT2D eigenvalue weighted by Crippen LogP contribution is -2.73. The highest BCUT2D eigenvalue weighted by atomic mass is 127.